The molecule has 0 aromatic heterocycles. The highest BCUT2D eigenvalue weighted by Crippen LogP contribution is 2.30. The first-order chi connectivity index (χ1) is 9.18. The number of nitrogens with zero attached hydrogens (tertiary/aromatic N) is 1. The zero-order valence-corrected chi connectivity index (χ0v) is 10.7. The van der Waals surface area contributed by atoms with E-state index < -0.39 is 4.92 Å². The summed E-state index contributed by atoms with van der Waals surface area (Å²) in [4.78, 5) is 10.6. The van der Waals surface area contributed by atoms with Crippen LogP contribution in [0, 0.1) is 17.0 Å². The van der Waals surface area contributed by atoms with Gasteiger partial charge in [0.1, 0.15) is 0 Å². The molecule has 0 heterocycles. The lowest BCUT2D eigenvalue weighted by molar-refractivity contribution is -0.386. The zero-order chi connectivity index (χ0) is 13.7. The Bertz CT molecular complexity index is 567. The number of hydrogen-bond donors (Lipinski definition) is 0. The first kappa shape index (κ1) is 13.1. The lowest BCUT2D eigenvalue weighted by atomic mass is 10.1. The molecule has 4 nitrogen and oxygen atoms in total. The van der Waals surface area contributed by atoms with Gasteiger partial charge in [0.15, 0.2) is 5.75 Å². The molecule has 0 spiro atoms. The quantitative estimate of drug-likeness (QED) is 0.608. The van der Waals surface area contributed by atoms with Crippen molar-refractivity contribution in [1.82, 2.24) is 0 Å². The minimum Gasteiger partial charge on any atom is -0.486 e. The van der Waals surface area contributed by atoms with Gasteiger partial charge in [-0.2, -0.15) is 0 Å². The van der Waals surface area contributed by atoms with Crippen molar-refractivity contribution in [3.63, 3.8) is 0 Å². The third-order valence-electron chi connectivity index (χ3n) is 2.87. The Balaban J connectivity index is 2.04. The van der Waals surface area contributed by atoms with E-state index >= 15 is 0 Å². The predicted molar refractivity (Wildman–Crippen MR) is 73.5 cm³/mol. The molecular formula is C15H15NO3. The molecular weight excluding hydrogens is 242 g/mol. The van der Waals surface area contributed by atoms with Crippen molar-refractivity contribution < 1.29 is 9.66 Å². The van der Waals surface area contributed by atoms with Crippen molar-refractivity contribution in [2.45, 2.75) is 13.3 Å². The van der Waals surface area contributed by atoms with E-state index in [1.807, 2.05) is 30.3 Å². The number of benzene rings is 2. The number of aryl methyl sites for hydroxylation is 1. The molecule has 0 aliphatic rings. The second-order valence-corrected chi connectivity index (χ2v) is 4.26. The van der Waals surface area contributed by atoms with Crippen LogP contribution in [-0.2, 0) is 6.42 Å². The molecule has 0 saturated heterocycles. The molecule has 0 N–H and O–H groups in total. The number of para-hydroxylation sites is 1. The highest BCUT2D eigenvalue weighted by molar-refractivity contribution is 5.52. The maximum atomic E-state index is 11.0. The summed E-state index contributed by atoms with van der Waals surface area (Å²) < 4.78 is 5.54. The smallest absolute Gasteiger partial charge is 0.313 e. The monoisotopic (exact) mass is 257 g/mol. The average Bonchev–Trinajstić information content (AvgIpc) is 2.39. The van der Waals surface area contributed by atoms with Gasteiger partial charge < -0.3 is 4.74 Å². The highest BCUT2D eigenvalue weighted by Gasteiger charge is 2.17. The van der Waals surface area contributed by atoms with Crippen LogP contribution >= 0.6 is 0 Å². The Labute approximate surface area is 111 Å². The lowest BCUT2D eigenvalue weighted by Crippen LogP contribution is -2.04. The number of ether oxygens (including phenoxy) is 1. The van der Waals surface area contributed by atoms with E-state index in [2.05, 4.69) is 0 Å². The van der Waals surface area contributed by atoms with Gasteiger partial charge in [-0.25, -0.2) is 0 Å². The van der Waals surface area contributed by atoms with Crippen molar-refractivity contribution in [1.29, 1.82) is 0 Å². The molecule has 0 radical (unpaired) electrons. The molecule has 2 rings (SSSR count). The first-order valence-corrected chi connectivity index (χ1v) is 6.09. The summed E-state index contributed by atoms with van der Waals surface area (Å²) in [5.41, 5.74) is 1.82. The third kappa shape index (κ3) is 3.31. The molecule has 0 aliphatic heterocycles. The number of nitro groups is 1. The summed E-state index contributed by atoms with van der Waals surface area (Å²) >= 11 is 0. The summed E-state index contributed by atoms with van der Waals surface area (Å²) in [7, 11) is 0. The molecule has 2 aromatic rings. The largest absolute Gasteiger partial charge is 0.486 e. The topological polar surface area (TPSA) is 52.4 Å². The second-order valence-electron chi connectivity index (χ2n) is 4.26. The molecule has 0 bridgehead atoms. The fourth-order valence-electron chi connectivity index (χ4n) is 1.91. The Morgan fingerprint density at radius 2 is 1.84 bits per heavy atom. The number of rotatable bonds is 5. The second kappa shape index (κ2) is 6.00. The molecule has 19 heavy (non-hydrogen) atoms. The van der Waals surface area contributed by atoms with E-state index in [4.69, 9.17) is 4.74 Å². The van der Waals surface area contributed by atoms with Gasteiger partial charge in [0.05, 0.1) is 11.5 Å². The summed E-state index contributed by atoms with van der Waals surface area (Å²) in [5, 5.41) is 11.0. The van der Waals surface area contributed by atoms with Gasteiger partial charge in [0.2, 0.25) is 0 Å². The van der Waals surface area contributed by atoms with Gasteiger partial charge >= 0.3 is 5.69 Å². The summed E-state index contributed by atoms with van der Waals surface area (Å²) in [6.45, 7) is 2.14. The summed E-state index contributed by atoms with van der Waals surface area (Å²) in [6, 6.07) is 15.0. The fourth-order valence-corrected chi connectivity index (χ4v) is 1.91. The van der Waals surface area contributed by atoms with Crippen molar-refractivity contribution in [2.24, 2.45) is 0 Å². The molecule has 98 valence electrons. The molecule has 0 saturated carbocycles. The Morgan fingerprint density at radius 1 is 1.11 bits per heavy atom. The lowest BCUT2D eigenvalue weighted by Gasteiger charge is -2.08. The Hall–Kier alpha value is -2.36. The van der Waals surface area contributed by atoms with Crippen LogP contribution < -0.4 is 4.74 Å². The minimum absolute atomic E-state index is 0.0514. The van der Waals surface area contributed by atoms with Gasteiger partial charge in [0, 0.05) is 12.0 Å². The van der Waals surface area contributed by atoms with Crippen molar-refractivity contribution in [3.05, 3.63) is 69.8 Å². The molecule has 0 atom stereocenters. The Morgan fingerprint density at radius 3 is 2.53 bits per heavy atom. The van der Waals surface area contributed by atoms with Gasteiger partial charge in [0.25, 0.3) is 0 Å². The number of hydrogen-bond acceptors (Lipinski definition) is 3. The van der Waals surface area contributed by atoms with E-state index in [-0.39, 0.29) is 5.69 Å². The zero-order valence-electron chi connectivity index (χ0n) is 10.7. The molecule has 4 heteroatoms. The van der Waals surface area contributed by atoms with Crippen LogP contribution in [0.3, 0.4) is 0 Å². The van der Waals surface area contributed by atoms with Crippen LogP contribution in [0.5, 0.6) is 5.75 Å². The van der Waals surface area contributed by atoms with Crippen molar-refractivity contribution in [2.75, 3.05) is 6.61 Å². The van der Waals surface area contributed by atoms with Gasteiger partial charge in [-0.15, -0.1) is 0 Å². The predicted octanol–water partition coefficient (Wildman–Crippen LogP) is 3.52. The van der Waals surface area contributed by atoms with Gasteiger partial charge in [-0.05, 0) is 18.6 Å². The molecule has 0 fully saturated rings. The van der Waals surface area contributed by atoms with E-state index in [0.29, 0.717) is 17.9 Å². The van der Waals surface area contributed by atoms with Crippen LogP contribution in [0.2, 0.25) is 0 Å². The van der Waals surface area contributed by atoms with E-state index in [1.165, 1.54) is 0 Å². The third-order valence-corrected chi connectivity index (χ3v) is 2.87. The highest BCUT2D eigenvalue weighted by atomic mass is 16.6. The summed E-state index contributed by atoms with van der Waals surface area (Å²) in [5.74, 6) is 0.334. The number of nitro benzene ring substituents is 1. The van der Waals surface area contributed by atoms with Crippen LogP contribution in [-0.4, -0.2) is 11.5 Å². The van der Waals surface area contributed by atoms with Gasteiger partial charge in [-0.3, -0.25) is 10.1 Å². The van der Waals surface area contributed by atoms with E-state index in [9.17, 15) is 10.1 Å². The van der Waals surface area contributed by atoms with Gasteiger partial charge in [-0.1, -0.05) is 42.5 Å². The summed E-state index contributed by atoms with van der Waals surface area (Å²) in [6.07, 6.45) is 0.728. The van der Waals surface area contributed by atoms with Crippen molar-refractivity contribution in [3.8, 4) is 5.75 Å². The van der Waals surface area contributed by atoms with Crippen LogP contribution in [0.25, 0.3) is 0 Å². The molecule has 0 unspecified atom stereocenters. The molecule has 0 amide bonds. The molecule has 0 aliphatic carbocycles. The van der Waals surface area contributed by atoms with Crippen LogP contribution in [0.15, 0.2) is 48.5 Å². The first-order valence-electron chi connectivity index (χ1n) is 6.09. The maximum Gasteiger partial charge on any atom is 0.313 e. The maximum absolute atomic E-state index is 11.0. The SMILES string of the molecule is Cc1cccc(OCCc2ccccc2)c1[N+](=O)[O-]. The normalized spacial score (nSPS) is 10.2. The van der Waals surface area contributed by atoms with Crippen molar-refractivity contribution >= 4 is 5.69 Å². The average molecular weight is 257 g/mol. The van der Waals surface area contributed by atoms with E-state index in [0.717, 1.165) is 12.0 Å². The minimum atomic E-state index is -0.396. The van der Waals surface area contributed by atoms with E-state index in [1.54, 1.807) is 25.1 Å². The Kier molecular flexibility index (Phi) is 4.13. The molecule has 2 aromatic carbocycles. The standard InChI is InChI=1S/C15H15NO3/c1-12-6-5-9-14(15(12)16(17)18)19-11-10-13-7-3-2-4-8-13/h2-9H,10-11H2,1H3. The van der Waals surface area contributed by atoms with Crippen LogP contribution in [0.1, 0.15) is 11.1 Å². The fraction of sp³-hybridized carbons (Fsp3) is 0.200. The van der Waals surface area contributed by atoms with Crippen LogP contribution in [0.4, 0.5) is 5.69 Å².